The van der Waals surface area contributed by atoms with Gasteiger partial charge >= 0.3 is 0 Å². The van der Waals surface area contributed by atoms with Gasteiger partial charge in [-0.3, -0.25) is 4.99 Å². The molecule has 0 fully saturated rings. The van der Waals surface area contributed by atoms with Crippen molar-refractivity contribution in [2.24, 2.45) is 10.7 Å². The van der Waals surface area contributed by atoms with Crippen LogP contribution in [-0.4, -0.2) is 19.0 Å². The lowest BCUT2D eigenvalue weighted by molar-refractivity contribution is 0.845. The number of nitrogens with two attached hydrogens (primary N) is 1. The zero-order valence-corrected chi connectivity index (χ0v) is 16.9. The number of benzene rings is 1. The van der Waals surface area contributed by atoms with E-state index in [-0.39, 0.29) is 24.0 Å². The zero-order valence-electron chi connectivity index (χ0n) is 11.6. The summed E-state index contributed by atoms with van der Waals surface area (Å²) < 4.78 is 1.32. The van der Waals surface area contributed by atoms with Crippen LogP contribution in [0.2, 0.25) is 0 Å². The first-order valence-corrected chi connectivity index (χ1v) is 8.45. The molecule has 2 aromatic rings. The van der Waals surface area contributed by atoms with Crippen molar-refractivity contribution in [1.29, 1.82) is 0 Å². The predicted molar refractivity (Wildman–Crippen MR) is 111 cm³/mol. The summed E-state index contributed by atoms with van der Waals surface area (Å²) in [7, 11) is 0. The minimum absolute atomic E-state index is 0. The average Bonchev–Trinajstić information content (AvgIpc) is 2.86. The highest BCUT2D eigenvalue weighted by atomic mass is 127. The van der Waals surface area contributed by atoms with E-state index in [0.717, 1.165) is 25.9 Å². The first-order valence-electron chi connectivity index (χ1n) is 6.56. The Morgan fingerprint density at radius 3 is 2.57 bits per heavy atom. The second-order valence-corrected chi connectivity index (χ2v) is 7.45. The van der Waals surface area contributed by atoms with Gasteiger partial charge in [-0.15, -0.1) is 35.3 Å². The van der Waals surface area contributed by atoms with E-state index in [2.05, 4.69) is 69.3 Å². The number of nitrogens with one attached hydrogen (secondary N) is 1. The molecule has 1 aromatic carbocycles. The Morgan fingerprint density at radius 2 is 1.90 bits per heavy atom. The third kappa shape index (κ3) is 7.46. The van der Waals surface area contributed by atoms with Crippen LogP contribution in [-0.2, 0) is 12.8 Å². The first kappa shape index (κ1) is 18.7. The monoisotopic (exact) mass is 527 g/mol. The van der Waals surface area contributed by atoms with Crippen molar-refractivity contribution >= 4 is 63.9 Å². The van der Waals surface area contributed by atoms with Crippen molar-refractivity contribution in [1.82, 2.24) is 5.32 Å². The highest BCUT2D eigenvalue weighted by Crippen LogP contribution is 2.18. The number of aliphatic imine (C=N–C) groups is 1. The summed E-state index contributed by atoms with van der Waals surface area (Å²) in [6, 6.07) is 14.6. The van der Waals surface area contributed by atoms with Crippen LogP contribution in [0.5, 0.6) is 0 Å². The lowest BCUT2D eigenvalue weighted by atomic mass is 10.1. The van der Waals surface area contributed by atoms with Gasteiger partial charge < -0.3 is 11.1 Å². The Labute approximate surface area is 160 Å². The molecule has 1 aromatic heterocycles. The van der Waals surface area contributed by atoms with Crippen molar-refractivity contribution in [3.8, 4) is 0 Å². The van der Waals surface area contributed by atoms with Crippen LogP contribution < -0.4 is 11.1 Å². The maximum absolute atomic E-state index is 5.85. The second-order valence-electron chi connectivity index (χ2n) is 4.39. The molecule has 1 heterocycles. The van der Waals surface area contributed by atoms with Gasteiger partial charge in [0, 0.05) is 24.4 Å². The second kappa shape index (κ2) is 10.4. The smallest absolute Gasteiger partial charge is 0.188 e. The largest absolute Gasteiger partial charge is 0.370 e. The molecule has 114 valence electrons. The third-order valence-electron chi connectivity index (χ3n) is 2.83. The van der Waals surface area contributed by atoms with E-state index < -0.39 is 0 Å². The molecule has 0 atom stereocenters. The quantitative estimate of drug-likeness (QED) is 0.343. The van der Waals surface area contributed by atoms with Crippen molar-refractivity contribution < 1.29 is 0 Å². The summed E-state index contributed by atoms with van der Waals surface area (Å²) in [4.78, 5) is 5.70. The van der Waals surface area contributed by atoms with E-state index in [1.165, 1.54) is 13.3 Å². The van der Waals surface area contributed by atoms with E-state index in [9.17, 15) is 0 Å². The zero-order chi connectivity index (χ0) is 14.2. The van der Waals surface area contributed by atoms with E-state index in [0.29, 0.717) is 5.96 Å². The SMILES string of the molecule is I.NC(=NCCc1ccc(I)s1)NCCc1ccccc1. The normalized spacial score (nSPS) is 11.0. The van der Waals surface area contributed by atoms with Gasteiger partial charge in [-0.25, -0.2) is 0 Å². The van der Waals surface area contributed by atoms with E-state index in [1.54, 1.807) is 0 Å². The van der Waals surface area contributed by atoms with Gasteiger partial charge in [0.15, 0.2) is 5.96 Å². The van der Waals surface area contributed by atoms with Gasteiger partial charge in [-0.2, -0.15) is 0 Å². The van der Waals surface area contributed by atoms with Crippen LogP contribution in [0, 0.1) is 2.88 Å². The van der Waals surface area contributed by atoms with Crippen LogP contribution in [0.4, 0.5) is 0 Å². The topological polar surface area (TPSA) is 50.4 Å². The Kier molecular flexibility index (Phi) is 9.25. The molecule has 21 heavy (non-hydrogen) atoms. The molecule has 0 bridgehead atoms. The molecule has 0 radical (unpaired) electrons. The number of rotatable bonds is 6. The number of hydrogen-bond acceptors (Lipinski definition) is 2. The summed E-state index contributed by atoms with van der Waals surface area (Å²) in [6.45, 7) is 1.55. The standard InChI is InChI=1S/C15H18IN3S.HI/c16-14-7-6-13(20-14)9-11-19-15(17)18-10-8-12-4-2-1-3-5-12;/h1-7H,8-11H2,(H3,17,18,19);1H. The Balaban J connectivity index is 0.00000220. The Bertz CT molecular complexity index is 555. The lowest BCUT2D eigenvalue weighted by Gasteiger charge is -2.05. The molecular weight excluding hydrogens is 508 g/mol. The fourth-order valence-corrected chi connectivity index (χ4v) is 3.55. The van der Waals surface area contributed by atoms with Gasteiger partial charge in [-0.05, 0) is 46.7 Å². The molecular formula is C15H19I2N3S. The Morgan fingerprint density at radius 1 is 1.14 bits per heavy atom. The predicted octanol–water partition coefficient (Wildman–Crippen LogP) is 3.66. The first-order chi connectivity index (χ1) is 9.74. The lowest BCUT2D eigenvalue weighted by Crippen LogP contribution is -2.33. The molecule has 2 rings (SSSR count). The molecule has 3 N–H and O–H groups in total. The summed E-state index contributed by atoms with van der Waals surface area (Å²) in [5.41, 5.74) is 7.15. The number of thiophene rings is 1. The Hall–Kier alpha value is -0.350. The minimum atomic E-state index is 0. The van der Waals surface area contributed by atoms with Crippen LogP contribution in [0.3, 0.4) is 0 Å². The van der Waals surface area contributed by atoms with Crippen molar-refractivity contribution in [3.05, 3.63) is 55.8 Å². The van der Waals surface area contributed by atoms with E-state index >= 15 is 0 Å². The molecule has 0 spiro atoms. The van der Waals surface area contributed by atoms with Crippen LogP contribution in [0.15, 0.2) is 47.5 Å². The molecule has 0 aliphatic rings. The number of nitrogens with zero attached hydrogens (tertiary/aromatic N) is 1. The molecule has 0 aliphatic heterocycles. The van der Waals surface area contributed by atoms with Gasteiger partial charge in [0.25, 0.3) is 0 Å². The van der Waals surface area contributed by atoms with Gasteiger partial charge in [0.2, 0.25) is 0 Å². The fraction of sp³-hybridized carbons (Fsp3) is 0.267. The van der Waals surface area contributed by atoms with E-state index in [4.69, 9.17) is 5.73 Å². The van der Waals surface area contributed by atoms with Gasteiger partial charge in [-0.1, -0.05) is 30.3 Å². The van der Waals surface area contributed by atoms with Crippen molar-refractivity contribution in [2.75, 3.05) is 13.1 Å². The molecule has 0 saturated heterocycles. The maximum atomic E-state index is 5.85. The summed E-state index contributed by atoms with van der Waals surface area (Å²) in [5, 5.41) is 3.15. The van der Waals surface area contributed by atoms with Gasteiger partial charge in [0.1, 0.15) is 0 Å². The van der Waals surface area contributed by atoms with Crippen LogP contribution in [0.1, 0.15) is 10.4 Å². The maximum Gasteiger partial charge on any atom is 0.188 e. The number of hydrogen-bond donors (Lipinski definition) is 2. The van der Waals surface area contributed by atoms with Crippen molar-refractivity contribution in [2.45, 2.75) is 12.8 Å². The third-order valence-corrected chi connectivity index (χ3v) is 4.79. The summed E-state index contributed by atoms with van der Waals surface area (Å²) in [5.74, 6) is 0.534. The summed E-state index contributed by atoms with van der Waals surface area (Å²) >= 11 is 4.15. The molecule has 3 nitrogen and oxygen atoms in total. The van der Waals surface area contributed by atoms with E-state index in [1.807, 2.05) is 17.4 Å². The highest BCUT2D eigenvalue weighted by molar-refractivity contribution is 14.1. The van der Waals surface area contributed by atoms with Crippen LogP contribution >= 0.6 is 57.9 Å². The highest BCUT2D eigenvalue weighted by Gasteiger charge is 1.97. The van der Waals surface area contributed by atoms with Crippen molar-refractivity contribution in [3.63, 3.8) is 0 Å². The van der Waals surface area contributed by atoms with Crippen LogP contribution in [0.25, 0.3) is 0 Å². The van der Waals surface area contributed by atoms with Gasteiger partial charge in [0.05, 0.1) is 2.88 Å². The molecule has 0 aliphatic carbocycles. The number of halogens is 2. The molecule has 6 heteroatoms. The fourth-order valence-electron chi connectivity index (χ4n) is 1.81. The molecule has 0 unspecified atom stereocenters. The average molecular weight is 527 g/mol. The minimum Gasteiger partial charge on any atom is -0.370 e. The summed E-state index contributed by atoms with van der Waals surface area (Å²) in [6.07, 6.45) is 1.91. The molecule has 0 saturated carbocycles. The molecule has 0 amide bonds. The number of guanidine groups is 1.